The van der Waals surface area contributed by atoms with Crippen LogP contribution >= 0.6 is 0 Å². The van der Waals surface area contributed by atoms with Crippen LogP contribution in [0.5, 0.6) is 0 Å². The van der Waals surface area contributed by atoms with E-state index >= 15 is 0 Å². The second kappa shape index (κ2) is 5.61. The molecule has 0 spiro atoms. The SMILES string of the molecule is CN(C)CC(O)c1cc(C(F)(F)F)cc(C(F)(F)F)c1. The van der Waals surface area contributed by atoms with Gasteiger partial charge in [0.05, 0.1) is 17.2 Å². The highest BCUT2D eigenvalue weighted by molar-refractivity contribution is 5.34. The fraction of sp³-hybridized carbons (Fsp3) is 0.500. The quantitative estimate of drug-likeness (QED) is 0.866. The van der Waals surface area contributed by atoms with Crippen molar-refractivity contribution in [1.82, 2.24) is 4.90 Å². The summed E-state index contributed by atoms with van der Waals surface area (Å²) in [6, 6.07) is 1.10. The average molecular weight is 301 g/mol. The van der Waals surface area contributed by atoms with E-state index in [1.807, 2.05) is 0 Å². The first-order valence-electron chi connectivity index (χ1n) is 5.53. The van der Waals surface area contributed by atoms with E-state index in [-0.39, 0.29) is 12.6 Å². The van der Waals surface area contributed by atoms with Gasteiger partial charge in [0.2, 0.25) is 0 Å². The molecule has 2 nitrogen and oxygen atoms in total. The highest BCUT2D eigenvalue weighted by Gasteiger charge is 2.37. The van der Waals surface area contributed by atoms with Gasteiger partial charge in [-0.25, -0.2) is 0 Å². The second-order valence-electron chi connectivity index (χ2n) is 4.62. The molecule has 114 valence electrons. The molecule has 0 saturated heterocycles. The lowest BCUT2D eigenvalue weighted by molar-refractivity contribution is -0.143. The van der Waals surface area contributed by atoms with Crippen LogP contribution in [0.25, 0.3) is 0 Å². The molecular formula is C12H13F6NO. The van der Waals surface area contributed by atoms with Crippen molar-refractivity contribution < 1.29 is 31.4 Å². The zero-order chi connectivity index (χ0) is 15.7. The maximum Gasteiger partial charge on any atom is 0.416 e. The van der Waals surface area contributed by atoms with Crippen LogP contribution in [-0.2, 0) is 12.4 Å². The summed E-state index contributed by atoms with van der Waals surface area (Å²) in [7, 11) is 3.09. The first kappa shape index (κ1) is 16.8. The van der Waals surface area contributed by atoms with Crippen molar-refractivity contribution >= 4 is 0 Å². The molecular weight excluding hydrogens is 288 g/mol. The summed E-state index contributed by atoms with van der Waals surface area (Å²) < 4.78 is 75.6. The first-order valence-corrected chi connectivity index (χ1v) is 5.53. The number of aliphatic hydroxyl groups excluding tert-OH is 1. The number of aliphatic hydroxyl groups is 1. The third-order valence-electron chi connectivity index (χ3n) is 2.53. The molecule has 1 aromatic rings. The molecule has 1 atom stereocenters. The van der Waals surface area contributed by atoms with Gasteiger partial charge in [0.25, 0.3) is 0 Å². The molecule has 0 aliphatic rings. The summed E-state index contributed by atoms with van der Waals surface area (Å²) >= 11 is 0. The Kier molecular flexibility index (Phi) is 4.70. The van der Waals surface area contributed by atoms with E-state index in [2.05, 4.69) is 0 Å². The maximum absolute atomic E-state index is 12.6. The predicted molar refractivity (Wildman–Crippen MR) is 60.0 cm³/mol. The normalized spacial score (nSPS) is 14.7. The minimum absolute atomic E-state index is 0.0336. The summed E-state index contributed by atoms with van der Waals surface area (Å²) in [6.45, 7) is -0.0847. The fourth-order valence-electron chi connectivity index (χ4n) is 1.62. The van der Waals surface area contributed by atoms with Crippen LogP contribution in [0.2, 0.25) is 0 Å². The van der Waals surface area contributed by atoms with Crippen molar-refractivity contribution in [2.75, 3.05) is 20.6 Å². The number of rotatable bonds is 3. The molecule has 8 heteroatoms. The number of alkyl halides is 6. The minimum atomic E-state index is -4.91. The van der Waals surface area contributed by atoms with E-state index in [4.69, 9.17) is 0 Å². The number of hydrogen-bond acceptors (Lipinski definition) is 2. The number of likely N-dealkylation sites (N-methyl/N-ethyl adjacent to an activating group) is 1. The van der Waals surface area contributed by atoms with E-state index in [9.17, 15) is 31.4 Å². The third kappa shape index (κ3) is 4.38. The number of nitrogens with zero attached hydrogens (tertiary/aromatic N) is 1. The van der Waals surface area contributed by atoms with Crippen molar-refractivity contribution in [2.45, 2.75) is 18.5 Å². The Hall–Kier alpha value is -1.28. The van der Waals surface area contributed by atoms with Crippen LogP contribution in [0.15, 0.2) is 18.2 Å². The van der Waals surface area contributed by atoms with Gasteiger partial charge in [0.1, 0.15) is 0 Å². The molecule has 0 radical (unpaired) electrons. The molecule has 0 aromatic heterocycles. The largest absolute Gasteiger partial charge is 0.416 e. The molecule has 1 N–H and O–H groups in total. The topological polar surface area (TPSA) is 23.5 Å². The number of hydrogen-bond donors (Lipinski definition) is 1. The average Bonchev–Trinajstić information content (AvgIpc) is 2.25. The van der Waals surface area contributed by atoms with Crippen LogP contribution in [0.1, 0.15) is 22.8 Å². The van der Waals surface area contributed by atoms with Gasteiger partial charge in [0.15, 0.2) is 0 Å². The predicted octanol–water partition coefficient (Wildman–Crippen LogP) is 3.32. The van der Waals surface area contributed by atoms with E-state index < -0.39 is 35.1 Å². The third-order valence-corrected chi connectivity index (χ3v) is 2.53. The Morgan fingerprint density at radius 2 is 1.35 bits per heavy atom. The van der Waals surface area contributed by atoms with Crippen molar-refractivity contribution in [1.29, 1.82) is 0 Å². The van der Waals surface area contributed by atoms with Gasteiger partial charge in [-0.1, -0.05) is 0 Å². The van der Waals surface area contributed by atoms with Gasteiger partial charge in [-0.3, -0.25) is 0 Å². The Balaban J connectivity index is 3.31. The molecule has 0 aliphatic heterocycles. The van der Waals surface area contributed by atoms with Gasteiger partial charge in [-0.2, -0.15) is 26.3 Å². The molecule has 1 aromatic carbocycles. The lowest BCUT2D eigenvalue weighted by atomic mass is 10.0. The Morgan fingerprint density at radius 1 is 0.950 bits per heavy atom. The van der Waals surface area contributed by atoms with Crippen molar-refractivity contribution in [3.05, 3.63) is 34.9 Å². The number of halogens is 6. The van der Waals surface area contributed by atoms with Gasteiger partial charge in [0, 0.05) is 6.54 Å². The van der Waals surface area contributed by atoms with Gasteiger partial charge < -0.3 is 10.0 Å². The van der Waals surface area contributed by atoms with Crippen LogP contribution in [0, 0.1) is 0 Å². The van der Waals surface area contributed by atoms with Gasteiger partial charge >= 0.3 is 12.4 Å². The smallest absolute Gasteiger partial charge is 0.387 e. The highest BCUT2D eigenvalue weighted by atomic mass is 19.4. The Bertz CT molecular complexity index is 434. The van der Waals surface area contributed by atoms with E-state index in [0.29, 0.717) is 12.1 Å². The number of benzene rings is 1. The second-order valence-corrected chi connectivity index (χ2v) is 4.62. The molecule has 20 heavy (non-hydrogen) atoms. The molecule has 1 unspecified atom stereocenters. The Labute approximate surface area is 111 Å². The molecule has 0 saturated carbocycles. The summed E-state index contributed by atoms with van der Waals surface area (Å²) in [5.74, 6) is 0. The molecule has 1 rings (SSSR count). The summed E-state index contributed by atoms with van der Waals surface area (Å²) in [5, 5.41) is 9.69. The standard InChI is InChI=1S/C12H13F6NO/c1-19(2)6-10(20)7-3-8(11(13,14)15)5-9(4-7)12(16,17)18/h3-5,10,20H,6H2,1-2H3. The summed E-state index contributed by atoms with van der Waals surface area (Å²) in [6.07, 6.45) is -11.3. The van der Waals surface area contributed by atoms with Crippen LogP contribution < -0.4 is 0 Å². The van der Waals surface area contributed by atoms with Crippen LogP contribution in [0.4, 0.5) is 26.3 Å². The highest BCUT2D eigenvalue weighted by Crippen LogP contribution is 2.37. The Morgan fingerprint density at radius 3 is 1.65 bits per heavy atom. The molecule has 0 heterocycles. The van der Waals surface area contributed by atoms with E-state index in [0.717, 1.165) is 0 Å². The van der Waals surface area contributed by atoms with Gasteiger partial charge in [-0.05, 0) is 37.9 Å². The fourth-order valence-corrected chi connectivity index (χ4v) is 1.62. The first-order chi connectivity index (χ1) is 8.91. The summed E-state index contributed by atoms with van der Waals surface area (Å²) in [4.78, 5) is 1.46. The summed E-state index contributed by atoms with van der Waals surface area (Å²) in [5.41, 5.74) is -3.28. The molecule has 0 fully saturated rings. The maximum atomic E-state index is 12.6. The monoisotopic (exact) mass is 301 g/mol. The van der Waals surface area contributed by atoms with Gasteiger partial charge in [-0.15, -0.1) is 0 Å². The zero-order valence-electron chi connectivity index (χ0n) is 10.7. The van der Waals surface area contributed by atoms with E-state index in [1.165, 1.54) is 4.90 Å². The molecule has 0 amide bonds. The molecule has 0 bridgehead atoms. The van der Waals surface area contributed by atoms with Crippen molar-refractivity contribution in [2.24, 2.45) is 0 Å². The van der Waals surface area contributed by atoms with E-state index in [1.54, 1.807) is 14.1 Å². The molecule has 0 aliphatic carbocycles. The lowest BCUT2D eigenvalue weighted by Crippen LogP contribution is -2.21. The minimum Gasteiger partial charge on any atom is -0.387 e. The zero-order valence-corrected chi connectivity index (χ0v) is 10.7. The van der Waals surface area contributed by atoms with Crippen molar-refractivity contribution in [3.63, 3.8) is 0 Å². The lowest BCUT2D eigenvalue weighted by Gasteiger charge is -2.19. The van der Waals surface area contributed by atoms with Crippen LogP contribution in [-0.4, -0.2) is 30.6 Å². The van der Waals surface area contributed by atoms with Crippen LogP contribution in [0.3, 0.4) is 0 Å². The van der Waals surface area contributed by atoms with Crippen molar-refractivity contribution in [3.8, 4) is 0 Å².